The van der Waals surface area contributed by atoms with Crippen LogP contribution in [0.2, 0.25) is 0 Å². The van der Waals surface area contributed by atoms with E-state index in [0.29, 0.717) is 19.3 Å². The standard InChI is InChI=1S/C40H61N3O7/c1-5-11-27(35(47)33(45)20-24-16-17-24)22-32(44)31-21-26-14-9-10-15-30(26)43(31)39(50)36(40(2,3)4)42-37(48)29(25-12-7-6-8-13-25)23-34(46)38(49)41-28-18-19-28/h24-31,36H,5-23H2,1-4H3,(H,41,49)(H,42,48)/t26-,27+,29-,30-,31-,36+/m0/s1. The van der Waals surface area contributed by atoms with Crippen molar-refractivity contribution in [2.45, 2.75) is 174 Å². The number of rotatable bonds is 17. The Hall–Kier alpha value is -2.91. The summed E-state index contributed by atoms with van der Waals surface area (Å²) in [4.78, 5) is 96.9. The monoisotopic (exact) mass is 695 g/mol. The first kappa shape index (κ1) is 38.3. The van der Waals surface area contributed by atoms with Crippen molar-refractivity contribution in [1.82, 2.24) is 15.5 Å². The summed E-state index contributed by atoms with van der Waals surface area (Å²) >= 11 is 0. The lowest BCUT2D eigenvalue weighted by molar-refractivity contribution is -0.148. The van der Waals surface area contributed by atoms with Crippen molar-refractivity contribution in [2.75, 3.05) is 0 Å². The molecule has 5 rings (SSSR count). The smallest absolute Gasteiger partial charge is 0.287 e. The fraction of sp³-hybridized carbons (Fsp3) is 0.825. The highest BCUT2D eigenvalue weighted by molar-refractivity contribution is 6.38. The summed E-state index contributed by atoms with van der Waals surface area (Å²) in [6.07, 6.45) is 13.5. The van der Waals surface area contributed by atoms with Crippen LogP contribution in [-0.2, 0) is 33.6 Å². The van der Waals surface area contributed by atoms with Gasteiger partial charge in [0.2, 0.25) is 23.4 Å². The van der Waals surface area contributed by atoms with Crippen LogP contribution in [-0.4, -0.2) is 69.9 Å². The van der Waals surface area contributed by atoms with E-state index in [1.165, 1.54) is 0 Å². The van der Waals surface area contributed by atoms with Gasteiger partial charge in [0.05, 0.1) is 6.04 Å². The quantitative estimate of drug-likeness (QED) is 0.193. The van der Waals surface area contributed by atoms with Crippen LogP contribution < -0.4 is 10.6 Å². The number of amides is 3. The molecular formula is C40H61N3O7. The second-order valence-electron chi connectivity index (χ2n) is 17.4. The average Bonchev–Trinajstić information content (AvgIpc) is 4.03. The van der Waals surface area contributed by atoms with Crippen molar-refractivity contribution in [3.05, 3.63) is 0 Å². The van der Waals surface area contributed by atoms with Crippen LogP contribution in [0, 0.1) is 35.0 Å². The molecule has 0 aromatic carbocycles. The summed E-state index contributed by atoms with van der Waals surface area (Å²) in [5, 5.41) is 5.83. The first-order valence-electron chi connectivity index (χ1n) is 19.8. The van der Waals surface area contributed by atoms with Crippen molar-refractivity contribution in [3.8, 4) is 0 Å². The molecule has 5 aliphatic rings. The zero-order valence-corrected chi connectivity index (χ0v) is 30.9. The summed E-state index contributed by atoms with van der Waals surface area (Å²) < 4.78 is 0. The molecule has 4 aliphatic carbocycles. The molecule has 10 nitrogen and oxygen atoms in total. The van der Waals surface area contributed by atoms with Gasteiger partial charge in [-0.05, 0) is 87.4 Å². The molecular weight excluding hydrogens is 634 g/mol. The van der Waals surface area contributed by atoms with Crippen molar-refractivity contribution < 1.29 is 33.6 Å². The van der Waals surface area contributed by atoms with Crippen LogP contribution in [0.3, 0.4) is 0 Å². The first-order chi connectivity index (χ1) is 23.8. The molecule has 0 unspecified atom stereocenters. The molecule has 1 aliphatic heterocycles. The van der Waals surface area contributed by atoms with Gasteiger partial charge in [0.1, 0.15) is 6.04 Å². The minimum atomic E-state index is -0.958. The van der Waals surface area contributed by atoms with E-state index in [2.05, 4.69) is 10.6 Å². The van der Waals surface area contributed by atoms with E-state index in [4.69, 9.17) is 0 Å². The molecule has 4 saturated carbocycles. The van der Waals surface area contributed by atoms with Crippen molar-refractivity contribution in [1.29, 1.82) is 0 Å². The fourth-order valence-electron chi connectivity index (χ4n) is 8.87. The predicted octanol–water partition coefficient (Wildman–Crippen LogP) is 5.43. The lowest BCUT2D eigenvalue weighted by atomic mass is 9.76. The molecule has 2 N–H and O–H groups in total. The maximum atomic E-state index is 14.8. The van der Waals surface area contributed by atoms with E-state index in [0.717, 1.165) is 83.5 Å². The van der Waals surface area contributed by atoms with Gasteiger partial charge in [-0.25, -0.2) is 0 Å². The molecule has 0 radical (unpaired) electrons. The number of hydrogen-bond acceptors (Lipinski definition) is 7. The second kappa shape index (κ2) is 16.6. The lowest BCUT2D eigenvalue weighted by Gasteiger charge is -2.40. The Bertz CT molecular complexity index is 1310. The molecule has 1 saturated heterocycles. The Labute approximate surface area is 298 Å². The van der Waals surface area contributed by atoms with E-state index in [1.807, 2.05) is 27.7 Å². The third-order valence-electron chi connectivity index (χ3n) is 12.1. The Morgan fingerprint density at radius 3 is 2.06 bits per heavy atom. The highest BCUT2D eigenvalue weighted by Gasteiger charge is 2.51. The molecule has 6 atom stereocenters. The molecule has 0 bridgehead atoms. The Kier molecular flexibility index (Phi) is 12.7. The number of carbonyl (C=O) groups is 7. The van der Waals surface area contributed by atoms with Gasteiger partial charge in [0.25, 0.3) is 5.91 Å². The minimum absolute atomic E-state index is 0.0367. The summed E-state index contributed by atoms with van der Waals surface area (Å²) in [7, 11) is 0. The third kappa shape index (κ3) is 9.69. The summed E-state index contributed by atoms with van der Waals surface area (Å²) in [5.74, 6) is -3.94. The largest absolute Gasteiger partial charge is 0.347 e. The lowest BCUT2D eigenvalue weighted by Crippen LogP contribution is -2.60. The maximum absolute atomic E-state index is 14.8. The zero-order valence-electron chi connectivity index (χ0n) is 30.9. The number of ketones is 4. The molecule has 0 aromatic heterocycles. The van der Waals surface area contributed by atoms with Gasteiger partial charge in [-0.2, -0.15) is 0 Å². The van der Waals surface area contributed by atoms with E-state index < -0.39 is 46.8 Å². The Balaban J connectivity index is 1.36. The summed E-state index contributed by atoms with van der Waals surface area (Å²) in [6, 6.07) is -1.77. The summed E-state index contributed by atoms with van der Waals surface area (Å²) in [5.41, 5.74) is -0.715. The van der Waals surface area contributed by atoms with E-state index in [9.17, 15) is 33.6 Å². The molecule has 278 valence electrons. The van der Waals surface area contributed by atoms with Gasteiger partial charge in [0, 0.05) is 43.2 Å². The van der Waals surface area contributed by atoms with Crippen LogP contribution >= 0.6 is 0 Å². The van der Waals surface area contributed by atoms with Gasteiger partial charge >= 0.3 is 0 Å². The van der Waals surface area contributed by atoms with Gasteiger partial charge in [-0.1, -0.05) is 66.2 Å². The van der Waals surface area contributed by atoms with Gasteiger partial charge in [-0.3, -0.25) is 33.6 Å². The number of nitrogens with one attached hydrogen (secondary N) is 2. The number of nitrogens with zero attached hydrogens (tertiary/aromatic N) is 1. The van der Waals surface area contributed by atoms with Gasteiger partial charge < -0.3 is 15.5 Å². The fourth-order valence-corrected chi connectivity index (χ4v) is 8.87. The Morgan fingerprint density at radius 2 is 1.44 bits per heavy atom. The number of carbonyl (C=O) groups excluding carboxylic acids is 7. The van der Waals surface area contributed by atoms with Crippen LogP contribution in [0.4, 0.5) is 0 Å². The van der Waals surface area contributed by atoms with Crippen molar-refractivity contribution >= 4 is 40.9 Å². The normalized spacial score (nSPS) is 25.9. The molecule has 0 spiro atoms. The van der Waals surface area contributed by atoms with Crippen LogP contribution in [0.15, 0.2) is 0 Å². The topological polar surface area (TPSA) is 147 Å². The average molecular weight is 696 g/mol. The van der Waals surface area contributed by atoms with Crippen molar-refractivity contribution in [3.63, 3.8) is 0 Å². The number of fused-ring (bicyclic) bond motifs is 1. The third-order valence-corrected chi connectivity index (χ3v) is 12.1. The SMILES string of the molecule is CCC[C@H](CC(=O)[C@@H]1C[C@@H]2CCCC[C@@H]2N1C(=O)[C@@H](NC(=O)[C@@H](CC(=O)C(=O)NC1CC1)C1CCCCC1)C(C)(C)C)C(=O)C(=O)CC1CC1. The van der Waals surface area contributed by atoms with Gasteiger partial charge in [-0.15, -0.1) is 0 Å². The van der Waals surface area contributed by atoms with E-state index in [-0.39, 0.29) is 72.5 Å². The maximum Gasteiger partial charge on any atom is 0.287 e. The molecule has 5 fully saturated rings. The van der Waals surface area contributed by atoms with Crippen LogP contribution in [0.5, 0.6) is 0 Å². The Morgan fingerprint density at radius 1 is 0.780 bits per heavy atom. The van der Waals surface area contributed by atoms with Crippen molar-refractivity contribution in [2.24, 2.45) is 35.0 Å². The molecule has 50 heavy (non-hydrogen) atoms. The van der Waals surface area contributed by atoms with Crippen LogP contribution in [0.25, 0.3) is 0 Å². The molecule has 3 amide bonds. The molecule has 0 aromatic rings. The molecule has 1 heterocycles. The molecule has 10 heteroatoms. The summed E-state index contributed by atoms with van der Waals surface area (Å²) in [6.45, 7) is 7.63. The van der Waals surface area contributed by atoms with Gasteiger partial charge in [0.15, 0.2) is 11.6 Å². The zero-order chi connectivity index (χ0) is 36.2. The van der Waals surface area contributed by atoms with E-state index >= 15 is 0 Å². The number of likely N-dealkylation sites (tertiary alicyclic amines) is 1. The highest BCUT2D eigenvalue weighted by atomic mass is 16.2. The first-order valence-corrected chi connectivity index (χ1v) is 19.8. The number of Topliss-reactive ketones (excluding diaryl/α,β-unsaturated/α-hetero) is 4. The van der Waals surface area contributed by atoms with Crippen LogP contribution in [0.1, 0.15) is 150 Å². The highest BCUT2D eigenvalue weighted by Crippen LogP contribution is 2.42. The van der Waals surface area contributed by atoms with E-state index in [1.54, 1.807) is 4.90 Å². The second-order valence-corrected chi connectivity index (χ2v) is 17.4. The number of hydrogen-bond donors (Lipinski definition) is 2. The predicted molar refractivity (Wildman–Crippen MR) is 189 cm³/mol. The minimum Gasteiger partial charge on any atom is -0.347 e.